The third kappa shape index (κ3) is 5.43. The predicted molar refractivity (Wildman–Crippen MR) is 127 cm³/mol. The van der Waals surface area contributed by atoms with E-state index < -0.39 is 0 Å². The van der Waals surface area contributed by atoms with Crippen LogP contribution in [-0.2, 0) is 11.3 Å². The molecule has 2 N–H and O–H groups in total. The van der Waals surface area contributed by atoms with E-state index in [1.165, 1.54) is 12.8 Å². The normalized spacial score (nSPS) is 20.1. The van der Waals surface area contributed by atoms with Crippen LogP contribution < -0.4 is 10.6 Å². The molecule has 1 aromatic heterocycles. The Labute approximate surface area is 189 Å². The second-order valence-electron chi connectivity index (χ2n) is 7.84. The third-order valence-electron chi connectivity index (χ3n) is 5.76. The molecule has 158 valence electrons. The van der Waals surface area contributed by atoms with Gasteiger partial charge >= 0.3 is 0 Å². The van der Waals surface area contributed by atoms with E-state index in [-0.39, 0.29) is 35.9 Å². The Bertz CT molecular complexity index is 811. The van der Waals surface area contributed by atoms with Crippen molar-refractivity contribution in [3.63, 3.8) is 0 Å². The maximum atomic E-state index is 12.6. The zero-order valence-electron chi connectivity index (χ0n) is 17.0. The lowest BCUT2D eigenvalue weighted by Gasteiger charge is -2.21. The van der Waals surface area contributed by atoms with Crippen molar-refractivity contribution in [3.05, 3.63) is 36.1 Å². The lowest BCUT2D eigenvalue weighted by molar-refractivity contribution is -0.134. The molecule has 2 aromatic rings. The maximum absolute atomic E-state index is 12.6. The van der Waals surface area contributed by atoms with Gasteiger partial charge in [-0.3, -0.25) is 4.79 Å². The summed E-state index contributed by atoms with van der Waals surface area (Å²) in [6.45, 7) is 4.95. The quantitative estimate of drug-likeness (QED) is 0.364. The van der Waals surface area contributed by atoms with Crippen LogP contribution in [0, 0.1) is 5.92 Å². The van der Waals surface area contributed by atoms with Gasteiger partial charge in [-0.1, -0.05) is 31.0 Å². The number of nitrogens with zero attached hydrogens (tertiary/aromatic N) is 2. The van der Waals surface area contributed by atoms with E-state index in [0.717, 1.165) is 61.6 Å². The molecule has 2 heterocycles. The first-order chi connectivity index (χ1) is 13.7. The lowest BCUT2D eigenvalue weighted by atomic mass is 10.1. The SMILES string of the molecule is CCNC(=NCc1cc2ccccc2o1)NC1CCN(C(=O)C2CCCC2)C1.I. The Morgan fingerprint density at radius 2 is 2.03 bits per heavy atom. The van der Waals surface area contributed by atoms with Crippen molar-refractivity contribution in [2.45, 2.75) is 51.6 Å². The van der Waals surface area contributed by atoms with Gasteiger partial charge in [0, 0.05) is 37.0 Å². The minimum absolute atomic E-state index is 0. The van der Waals surface area contributed by atoms with Crippen LogP contribution in [0.2, 0.25) is 0 Å². The van der Waals surface area contributed by atoms with E-state index in [1.54, 1.807) is 0 Å². The van der Waals surface area contributed by atoms with Crippen LogP contribution >= 0.6 is 24.0 Å². The van der Waals surface area contributed by atoms with Gasteiger partial charge in [0.2, 0.25) is 5.91 Å². The molecule has 7 heteroatoms. The average Bonchev–Trinajstić information content (AvgIpc) is 3.45. The molecule has 1 aliphatic carbocycles. The topological polar surface area (TPSA) is 69.9 Å². The number of guanidine groups is 1. The smallest absolute Gasteiger partial charge is 0.225 e. The molecule has 1 atom stereocenters. The standard InChI is InChI=1S/C22H30N4O2.HI/c1-2-23-22(24-14-19-13-17-9-5-6-10-20(17)28-19)25-18-11-12-26(15-18)21(27)16-7-3-4-8-16;/h5-6,9-10,13,16,18H,2-4,7-8,11-12,14-15H2,1H3,(H2,23,24,25);1H. The molecule has 1 aromatic carbocycles. The number of nitrogens with one attached hydrogen (secondary N) is 2. The summed E-state index contributed by atoms with van der Waals surface area (Å²) in [4.78, 5) is 19.4. The molecule has 0 radical (unpaired) electrons. The van der Waals surface area contributed by atoms with E-state index in [9.17, 15) is 4.79 Å². The molecule has 1 unspecified atom stereocenters. The second-order valence-corrected chi connectivity index (χ2v) is 7.84. The van der Waals surface area contributed by atoms with Crippen LogP contribution in [-0.4, -0.2) is 42.4 Å². The molecule has 2 aliphatic rings. The van der Waals surface area contributed by atoms with Gasteiger partial charge in [-0.05, 0) is 38.3 Å². The molecule has 0 spiro atoms. The van der Waals surface area contributed by atoms with Crippen molar-refractivity contribution >= 4 is 46.8 Å². The summed E-state index contributed by atoms with van der Waals surface area (Å²) < 4.78 is 5.86. The van der Waals surface area contributed by atoms with E-state index in [2.05, 4.69) is 22.5 Å². The Morgan fingerprint density at radius 3 is 2.79 bits per heavy atom. The molecule has 4 rings (SSSR count). The number of halogens is 1. The number of para-hydroxylation sites is 1. The Morgan fingerprint density at radius 1 is 1.24 bits per heavy atom. The zero-order chi connectivity index (χ0) is 19.3. The lowest BCUT2D eigenvalue weighted by Crippen LogP contribution is -2.45. The van der Waals surface area contributed by atoms with Gasteiger partial charge in [0.1, 0.15) is 17.9 Å². The van der Waals surface area contributed by atoms with Crippen LogP contribution in [0.1, 0.15) is 44.8 Å². The number of hydrogen-bond donors (Lipinski definition) is 2. The van der Waals surface area contributed by atoms with Crippen LogP contribution in [0.4, 0.5) is 0 Å². The van der Waals surface area contributed by atoms with E-state index in [0.29, 0.717) is 12.5 Å². The minimum atomic E-state index is 0. The summed E-state index contributed by atoms with van der Waals surface area (Å²) in [5.41, 5.74) is 0.891. The van der Waals surface area contributed by atoms with Gasteiger partial charge in [0.15, 0.2) is 5.96 Å². The molecule has 1 amide bonds. The van der Waals surface area contributed by atoms with Crippen molar-refractivity contribution < 1.29 is 9.21 Å². The summed E-state index contributed by atoms with van der Waals surface area (Å²) in [7, 11) is 0. The first-order valence-electron chi connectivity index (χ1n) is 10.5. The molecule has 6 nitrogen and oxygen atoms in total. The van der Waals surface area contributed by atoms with Gasteiger partial charge in [0.25, 0.3) is 0 Å². The number of fused-ring (bicyclic) bond motifs is 1. The maximum Gasteiger partial charge on any atom is 0.225 e. The Hall–Kier alpha value is -1.77. The van der Waals surface area contributed by atoms with Crippen LogP contribution in [0.15, 0.2) is 39.7 Å². The third-order valence-corrected chi connectivity index (χ3v) is 5.76. The van der Waals surface area contributed by atoms with Crippen molar-refractivity contribution in [3.8, 4) is 0 Å². The van der Waals surface area contributed by atoms with Gasteiger partial charge in [-0.25, -0.2) is 4.99 Å². The molecule has 1 aliphatic heterocycles. The fourth-order valence-electron chi connectivity index (χ4n) is 4.29. The Balaban J connectivity index is 0.00000240. The number of carbonyl (C=O) groups excluding carboxylic acids is 1. The first kappa shape index (κ1) is 21.9. The molecule has 0 bridgehead atoms. The fraction of sp³-hybridized carbons (Fsp3) is 0.545. The van der Waals surface area contributed by atoms with Gasteiger partial charge < -0.3 is 20.0 Å². The summed E-state index contributed by atoms with van der Waals surface area (Å²) in [6, 6.07) is 10.3. The zero-order valence-corrected chi connectivity index (χ0v) is 19.4. The highest BCUT2D eigenvalue weighted by molar-refractivity contribution is 14.0. The van der Waals surface area contributed by atoms with Crippen molar-refractivity contribution in [1.82, 2.24) is 15.5 Å². The van der Waals surface area contributed by atoms with E-state index in [4.69, 9.17) is 4.42 Å². The fourth-order valence-corrected chi connectivity index (χ4v) is 4.29. The Kier molecular flexibility index (Phi) is 7.80. The van der Waals surface area contributed by atoms with Crippen LogP contribution in [0.5, 0.6) is 0 Å². The molecule has 29 heavy (non-hydrogen) atoms. The number of benzene rings is 1. The van der Waals surface area contributed by atoms with Crippen molar-refractivity contribution in [1.29, 1.82) is 0 Å². The largest absolute Gasteiger partial charge is 0.459 e. The number of furan rings is 1. The first-order valence-corrected chi connectivity index (χ1v) is 10.5. The van der Waals surface area contributed by atoms with Gasteiger partial charge in [-0.2, -0.15) is 0 Å². The van der Waals surface area contributed by atoms with Crippen molar-refractivity contribution in [2.75, 3.05) is 19.6 Å². The number of aliphatic imine (C=N–C) groups is 1. The molecular formula is C22H31IN4O2. The number of likely N-dealkylation sites (tertiary alicyclic amines) is 1. The van der Waals surface area contributed by atoms with E-state index >= 15 is 0 Å². The number of carbonyl (C=O) groups is 1. The highest BCUT2D eigenvalue weighted by atomic mass is 127. The second kappa shape index (κ2) is 10.3. The summed E-state index contributed by atoms with van der Waals surface area (Å²) in [5, 5.41) is 7.91. The summed E-state index contributed by atoms with van der Waals surface area (Å²) in [6.07, 6.45) is 5.49. The summed E-state index contributed by atoms with van der Waals surface area (Å²) in [5.74, 6) is 2.24. The average molecular weight is 510 g/mol. The van der Waals surface area contributed by atoms with Crippen LogP contribution in [0.25, 0.3) is 11.0 Å². The molecule has 2 fully saturated rings. The molecule has 1 saturated heterocycles. The predicted octanol–water partition coefficient (Wildman–Crippen LogP) is 3.90. The highest BCUT2D eigenvalue weighted by Gasteiger charge is 2.32. The monoisotopic (exact) mass is 510 g/mol. The molecular weight excluding hydrogens is 479 g/mol. The minimum Gasteiger partial charge on any atom is -0.459 e. The number of rotatable bonds is 5. The highest BCUT2D eigenvalue weighted by Crippen LogP contribution is 2.27. The van der Waals surface area contributed by atoms with Gasteiger partial charge in [-0.15, -0.1) is 24.0 Å². The number of amides is 1. The number of hydrogen-bond acceptors (Lipinski definition) is 3. The van der Waals surface area contributed by atoms with Crippen LogP contribution in [0.3, 0.4) is 0 Å². The van der Waals surface area contributed by atoms with Gasteiger partial charge in [0.05, 0.1) is 0 Å². The van der Waals surface area contributed by atoms with E-state index in [1.807, 2.05) is 35.2 Å². The summed E-state index contributed by atoms with van der Waals surface area (Å²) >= 11 is 0. The van der Waals surface area contributed by atoms with Crippen molar-refractivity contribution in [2.24, 2.45) is 10.9 Å². The molecule has 1 saturated carbocycles.